The van der Waals surface area contributed by atoms with Crippen LogP contribution in [-0.2, 0) is 11.4 Å². The van der Waals surface area contributed by atoms with Gasteiger partial charge in [0.25, 0.3) is 0 Å². The maximum absolute atomic E-state index is 12.3. The largest absolute Gasteiger partial charge is 0.465 e. The van der Waals surface area contributed by atoms with Crippen molar-refractivity contribution < 1.29 is 13.9 Å². The molecule has 1 aromatic heterocycles. The van der Waals surface area contributed by atoms with Gasteiger partial charge in [0.2, 0.25) is 0 Å². The lowest BCUT2D eigenvalue weighted by molar-refractivity contribution is 0.0598. The number of ether oxygens (including phenoxy) is 1. The zero-order valence-corrected chi connectivity index (χ0v) is 7.64. The lowest BCUT2D eigenvalue weighted by atomic mass is 10.2. The van der Waals surface area contributed by atoms with E-state index in [1.807, 2.05) is 0 Å². The summed E-state index contributed by atoms with van der Waals surface area (Å²) in [6.45, 7) is -0.842. The Morgan fingerprint density at radius 3 is 2.92 bits per heavy atom. The summed E-state index contributed by atoms with van der Waals surface area (Å²) in [6.07, 6.45) is 0. The van der Waals surface area contributed by atoms with Crippen molar-refractivity contribution in [3.05, 3.63) is 28.5 Å². The Bertz CT molecular complexity index is 330. The minimum absolute atomic E-state index is 0.000602. The van der Waals surface area contributed by atoms with Crippen molar-refractivity contribution in [2.24, 2.45) is 0 Å². The van der Waals surface area contributed by atoms with Gasteiger partial charge in [-0.25, -0.2) is 14.2 Å². The molecule has 3 nitrogen and oxygen atoms in total. The second kappa shape index (κ2) is 4.18. The van der Waals surface area contributed by atoms with Crippen LogP contribution in [0.4, 0.5) is 4.39 Å². The van der Waals surface area contributed by atoms with Gasteiger partial charge < -0.3 is 4.74 Å². The summed E-state index contributed by atoms with van der Waals surface area (Å²) in [4.78, 5) is 14.7. The van der Waals surface area contributed by atoms with Gasteiger partial charge in [0.05, 0.1) is 18.4 Å². The number of aromatic nitrogens is 1. The molecule has 0 N–H and O–H groups in total. The van der Waals surface area contributed by atoms with Gasteiger partial charge in [-0.3, -0.25) is 0 Å². The lowest BCUT2D eigenvalue weighted by Crippen LogP contribution is -2.06. The number of halogens is 2. The molecule has 0 atom stereocenters. The summed E-state index contributed by atoms with van der Waals surface area (Å²) in [7, 11) is 1.22. The molecule has 0 radical (unpaired) electrons. The van der Waals surface area contributed by atoms with Crippen LogP contribution in [-0.4, -0.2) is 18.1 Å². The maximum atomic E-state index is 12.3. The molecular formula is C8H7ClFNO2. The van der Waals surface area contributed by atoms with Crippen molar-refractivity contribution in [1.82, 2.24) is 4.98 Å². The second-order valence-corrected chi connectivity index (χ2v) is 2.64. The van der Waals surface area contributed by atoms with Crippen LogP contribution in [0.15, 0.2) is 12.1 Å². The van der Waals surface area contributed by atoms with Gasteiger partial charge in [-0.2, -0.15) is 0 Å². The van der Waals surface area contributed by atoms with E-state index >= 15 is 0 Å². The van der Waals surface area contributed by atoms with Crippen LogP contribution in [0.25, 0.3) is 0 Å². The monoisotopic (exact) mass is 203 g/mol. The first-order valence-corrected chi connectivity index (χ1v) is 3.86. The topological polar surface area (TPSA) is 39.2 Å². The molecule has 13 heavy (non-hydrogen) atoms. The summed E-state index contributed by atoms with van der Waals surface area (Å²) in [5.74, 6) is -0.614. The molecule has 1 heterocycles. The third-order valence-electron chi connectivity index (χ3n) is 1.47. The Kier molecular flexibility index (Phi) is 3.19. The predicted octanol–water partition coefficient (Wildman–Crippen LogP) is 1.99. The highest BCUT2D eigenvalue weighted by atomic mass is 35.5. The average Bonchev–Trinajstić information content (AvgIpc) is 2.16. The Hall–Kier alpha value is -1.16. The van der Waals surface area contributed by atoms with Gasteiger partial charge in [0.15, 0.2) is 0 Å². The summed E-state index contributed by atoms with van der Waals surface area (Å²) in [5, 5.41) is 0.153. The van der Waals surface area contributed by atoms with Gasteiger partial charge in [-0.1, -0.05) is 11.6 Å². The molecule has 0 saturated heterocycles. The van der Waals surface area contributed by atoms with E-state index < -0.39 is 12.6 Å². The number of methoxy groups -OCH3 is 1. The summed E-state index contributed by atoms with van der Waals surface area (Å²) >= 11 is 5.51. The molecule has 0 spiro atoms. The molecule has 5 heteroatoms. The molecule has 0 aliphatic heterocycles. The zero-order valence-electron chi connectivity index (χ0n) is 6.88. The first kappa shape index (κ1) is 9.92. The molecule has 0 unspecified atom stereocenters. The number of hydrogen-bond donors (Lipinski definition) is 0. The fraction of sp³-hybridized carbons (Fsp3) is 0.250. The number of alkyl halides is 1. The second-order valence-electron chi connectivity index (χ2n) is 2.25. The Morgan fingerprint density at radius 2 is 2.38 bits per heavy atom. The van der Waals surface area contributed by atoms with Crippen LogP contribution in [0.2, 0.25) is 5.15 Å². The Balaban J connectivity index is 3.13. The van der Waals surface area contributed by atoms with E-state index in [-0.39, 0.29) is 16.4 Å². The number of carbonyl (C=O) groups excluding carboxylic acids is 1. The van der Waals surface area contributed by atoms with Crippen molar-refractivity contribution in [3.8, 4) is 0 Å². The summed E-state index contributed by atoms with van der Waals surface area (Å²) in [6, 6.07) is 2.79. The molecule has 1 aromatic rings. The quantitative estimate of drug-likeness (QED) is 0.545. The van der Waals surface area contributed by atoms with E-state index in [2.05, 4.69) is 9.72 Å². The Labute approximate surface area is 79.5 Å². The molecule has 0 bridgehead atoms. The molecule has 1 rings (SSSR count). The minimum Gasteiger partial charge on any atom is -0.465 e. The predicted molar refractivity (Wildman–Crippen MR) is 45.4 cm³/mol. The summed E-state index contributed by atoms with van der Waals surface area (Å²) in [5.41, 5.74) is 0.105. The highest BCUT2D eigenvalue weighted by molar-refractivity contribution is 6.29. The van der Waals surface area contributed by atoms with Crippen molar-refractivity contribution in [2.45, 2.75) is 6.67 Å². The lowest BCUT2D eigenvalue weighted by Gasteiger charge is -2.03. The number of pyridine rings is 1. The molecular weight excluding hydrogens is 197 g/mol. The minimum atomic E-state index is -0.842. The zero-order chi connectivity index (χ0) is 9.84. The fourth-order valence-electron chi connectivity index (χ4n) is 0.872. The molecule has 0 aromatic carbocycles. The third-order valence-corrected chi connectivity index (χ3v) is 1.68. The van der Waals surface area contributed by atoms with Crippen LogP contribution in [0, 0.1) is 0 Å². The molecule has 0 fully saturated rings. The third kappa shape index (κ3) is 2.15. The number of carbonyl (C=O) groups is 1. The van der Waals surface area contributed by atoms with Crippen LogP contribution < -0.4 is 0 Å². The van der Waals surface area contributed by atoms with E-state index in [1.165, 1.54) is 19.2 Å². The van der Waals surface area contributed by atoms with Gasteiger partial charge in [0.1, 0.15) is 11.8 Å². The van der Waals surface area contributed by atoms with Gasteiger partial charge >= 0.3 is 5.97 Å². The fourth-order valence-corrected chi connectivity index (χ4v) is 1.04. The molecule has 0 amide bonds. The normalized spacial score (nSPS) is 9.77. The smallest absolute Gasteiger partial charge is 0.339 e. The number of hydrogen-bond acceptors (Lipinski definition) is 3. The number of rotatable bonds is 2. The standard InChI is InChI=1S/C8H7ClFNO2/c1-13-8(12)5-2-3-7(9)11-6(5)4-10/h2-3H,4H2,1H3. The highest BCUT2D eigenvalue weighted by Crippen LogP contribution is 2.13. The van der Waals surface area contributed by atoms with E-state index in [4.69, 9.17) is 11.6 Å². The molecule has 0 saturated carbocycles. The van der Waals surface area contributed by atoms with Gasteiger partial charge in [-0.05, 0) is 12.1 Å². The molecule has 70 valence electrons. The SMILES string of the molecule is COC(=O)c1ccc(Cl)nc1CF. The first-order chi connectivity index (χ1) is 6.19. The van der Waals surface area contributed by atoms with Crippen molar-refractivity contribution in [1.29, 1.82) is 0 Å². The van der Waals surface area contributed by atoms with E-state index in [9.17, 15) is 9.18 Å². The van der Waals surface area contributed by atoms with Crippen LogP contribution in [0.1, 0.15) is 16.1 Å². The van der Waals surface area contributed by atoms with Crippen LogP contribution in [0.3, 0.4) is 0 Å². The van der Waals surface area contributed by atoms with Crippen molar-refractivity contribution in [3.63, 3.8) is 0 Å². The van der Waals surface area contributed by atoms with Crippen molar-refractivity contribution in [2.75, 3.05) is 7.11 Å². The molecule has 0 aliphatic rings. The highest BCUT2D eigenvalue weighted by Gasteiger charge is 2.12. The van der Waals surface area contributed by atoms with E-state index in [0.29, 0.717) is 0 Å². The maximum Gasteiger partial charge on any atom is 0.339 e. The van der Waals surface area contributed by atoms with Gasteiger partial charge in [0, 0.05) is 0 Å². The Morgan fingerprint density at radius 1 is 1.69 bits per heavy atom. The molecule has 0 aliphatic carbocycles. The van der Waals surface area contributed by atoms with E-state index in [1.54, 1.807) is 0 Å². The first-order valence-electron chi connectivity index (χ1n) is 3.48. The van der Waals surface area contributed by atoms with Crippen LogP contribution in [0.5, 0.6) is 0 Å². The van der Waals surface area contributed by atoms with Crippen LogP contribution >= 0.6 is 11.6 Å². The van der Waals surface area contributed by atoms with Crippen molar-refractivity contribution >= 4 is 17.6 Å². The number of nitrogens with zero attached hydrogens (tertiary/aromatic N) is 1. The van der Waals surface area contributed by atoms with Gasteiger partial charge in [-0.15, -0.1) is 0 Å². The number of esters is 1. The summed E-state index contributed by atoms with van der Waals surface area (Å²) < 4.78 is 16.8. The average molecular weight is 204 g/mol. The van der Waals surface area contributed by atoms with E-state index in [0.717, 1.165) is 0 Å².